The van der Waals surface area contributed by atoms with Crippen molar-refractivity contribution in [1.29, 1.82) is 0 Å². The summed E-state index contributed by atoms with van der Waals surface area (Å²) < 4.78 is 5.89. The lowest BCUT2D eigenvalue weighted by Gasteiger charge is -2.17. The van der Waals surface area contributed by atoms with Crippen LogP contribution in [0.1, 0.15) is 24.8 Å². The summed E-state index contributed by atoms with van der Waals surface area (Å²) in [6, 6.07) is 12.0. The minimum atomic E-state index is 0.381. The SMILES string of the molecule is C1=C(c2cncc(Oc3ccccc3)c2)CCC12CCNC2. The van der Waals surface area contributed by atoms with Gasteiger partial charge in [0.25, 0.3) is 0 Å². The minimum absolute atomic E-state index is 0.381. The number of ether oxygens (including phenoxy) is 1. The molecule has 1 spiro atoms. The van der Waals surface area contributed by atoms with E-state index in [4.69, 9.17) is 4.74 Å². The molecule has 1 atom stereocenters. The highest BCUT2D eigenvalue weighted by molar-refractivity contribution is 5.69. The molecule has 0 saturated carbocycles. The number of hydrogen-bond acceptors (Lipinski definition) is 3. The molecule has 1 unspecified atom stereocenters. The third kappa shape index (κ3) is 2.64. The van der Waals surface area contributed by atoms with Crippen molar-refractivity contribution in [2.75, 3.05) is 13.1 Å². The molecule has 0 bridgehead atoms. The first kappa shape index (κ1) is 13.5. The Kier molecular flexibility index (Phi) is 3.43. The van der Waals surface area contributed by atoms with Crippen molar-refractivity contribution in [3.63, 3.8) is 0 Å². The zero-order valence-electron chi connectivity index (χ0n) is 12.6. The van der Waals surface area contributed by atoms with Gasteiger partial charge in [0.05, 0.1) is 6.20 Å². The van der Waals surface area contributed by atoms with Crippen molar-refractivity contribution in [2.45, 2.75) is 19.3 Å². The van der Waals surface area contributed by atoms with Crippen LogP contribution in [0.25, 0.3) is 5.57 Å². The maximum atomic E-state index is 5.89. The number of hydrogen-bond donors (Lipinski definition) is 1. The smallest absolute Gasteiger partial charge is 0.146 e. The van der Waals surface area contributed by atoms with Gasteiger partial charge in [0.15, 0.2) is 0 Å². The van der Waals surface area contributed by atoms with Crippen LogP contribution in [0.4, 0.5) is 0 Å². The summed E-state index contributed by atoms with van der Waals surface area (Å²) >= 11 is 0. The summed E-state index contributed by atoms with van der Waals surface area (Å²) in [5.41, 5.74) is 2.98. The summed E-state index contributed by atoms with van der Waals surface area (Å²) in [7, 11) is 0. The molecule has 3 nitrogen and oxygen atoms in total. The first-order valence-electron chi connectivity index (χ1n) is 7.94. The standard InChI is InChI=1S/C19H20N2O/c1-2-4-17(5-3-1)22-18-10-16(12-21-13-18)15-6-7-19(11-15)8-9-20-14-19/h1-5,10-13,20H,6-9,14H2. The molecule has 0 amide bonds. The predicted octanol–water partition coefficient (Wildman–Crippen LogP) is 4.03. The number of rotatable bonds is 3. The molecule has 22 heavy (non-hydrogen) atoms. The van der Waals surface area contributed by atoms with E-state index in [1.807, 2.05) is 36.5 Å². The molecular formula is C19H20N2O. The van der Waals surface area contributed by atoms with E-state index in [9.17, 15) is 0 Å². The summed E-state index contributed by atoms with van der Waals surface area (Å²) in [4.78, 5) is 4.36. The van der Waals surface area contributed by atoms with Crippen molar-refractivity contribution >= 4 is 5.57 Å². The van der Waals surface area contributed by atoms with Crippen molar-refractivity contribution in [2.24, 2.45) is 5.41 Å². The van der Waals surface area contributed by atoms with E-state index in [0.717, 1.165) is 31.0 Å². The molecule has 1 fully saturated rings. The van der Waals surface area contributed by atoms with Gasteiger partial charge in [-0.1, -0.05) is 24.3 Å². The molecule has 1 aliphatic heterocycles. The summed E-state index contributed by atoms with van der Waals surface area (Å²) in [5, 5.41) is 3.49. The number of para-hydroxylation sites is 1. The van der Waals surface area contributed by atoms with Gasteiger partial charge in [0.1, 0.15) is 11.5 Å². The average molecular weight is 292 g/mol. The van der Waals surface area contributed by atoms with Gasteiger partial charge >= 0.3 is 0 Å². The summed E-state index contributed by atoms with van der Waals surface area (Å²) in [6.45, 7) is 2.25. The third-order valence-corrected chi connectivity index (χ3v) is 4.71. The number of nitrogens with one attached hydrogen (secondary N) is 1. The van der Waals surface area contributed by atoms with Crippen molar-refractivity contribution in [3.8, 4) is 11.5 Å². The normalized spacial score (nSPS) is 23.7. The molecule has 1 aliphatic carbocycles. The Morgan fingerprint density at radius 2 is 1.95 bits per heavy atom. The fourth-order valence-electron chi connectivity index (χ4n) is 3.50. The molecule has 2 heterocycles. The lowest BCUT2D eigenvalue weighted by atomic mass is 9.87. The molecule has 2 aromatic rings. The maximum Gasteiger partial charge on any atom is 0.146 e. The van der Waals surface area contributed by atoms with E-state index in [1.54, 1.807) is 6.20 Å². The number of benzene rings is 1. The minimum Gasteiger partial charge on any atom is -0.456 e. The van der Waals surface area contributed by atoms with Gasteiger partial charge in [-0.2, -0.15) is 0 Å². The number of allylic oxidation sites excluding steroid dienone is 1. The van der Waals surface area contributed by atoms with Gasteiger partial charge in [-0.05, 0) is 55.1 Å². The van der Waals surface area contributed by atoms with Crippen LogP contribution in [0.15, 0.2) is 54.9 Å². The fourth-order valence-corrected chi connectivity index (χ4v) is 3.50. The molecule has 1 aromatic carbocycles. The first-order chi connectivity index (χ1) is 10.8. The van der Waals surface area contributed by atoms with Crippen LogP contribution in [0.2, 0.25) is 0 Å². The Morgan fingerprint density at radius 3 is 2.77 bits per heavy atom. The molecule has 4 rings (SSSR count). The Hall–Kier alpha value is -2.13. The van der Waals surface area contributed by atoms with E-state index < -0.39 is 0 Å². The van der Waals surface area contributed by atoms with Gasteiger partial charge in [-0.25, -0.2) is 0 Å². The molecule has 1 saturated heterocycles. The Balaban J connectivity index is 1.57. The quantitative estimate of drug-likeness (QED) is 0.927. The van der Waals surface area contributed by atoms with Crippen LogP contribution in [-0.4, -0.2) is 18.1 Å². The van der Waals surface area contributed by atoms with Crippen LogP contribution in [-0.2, 0) is 0 Å². The van der Waals surface area contributed by atoms with Crippen LogP contribution in [0.5, 0.6) is 11.5 Å². The van der Waals surface area contributed by atoms with E-state index in [1.165, 1.54) is 24.0 Å². The molecule has 1 N–H and O–H groups in total. The monoisotopic (exact) mass is 292 g/mol. The van der Waals surface area contributed by atoms with Gasteiger partial charge in [-0.3, -0.25) is 4.98 Å². The van der Waals surface area contributed by atoms with Crippen LogP contribution < -0.4 is 10.1 Å². The second-order valence-corrected chi connectivity index (χ2v) is 6.28. The van der Waals surface area contributed by atoms with Crippen molar-refractivity contribution in [1.82, 2.24) is 10.3 Å². The van der Waals surface area contributed by atoms with Crippen molar-refractivity contribution in [3.05, 3.63) is 60.4 Å². The topological polar surface area (TPSA) is 34.1 Å². The Labute approximate surface area is 131 Å². The van der Waals surface area contributed by atoms with Crippen LogP contribution in [0, 0.1) is 5.41 Å². The molecule has 112 valence electrons. The summed E-state index contributed by atoms with van der Waals surface area (Å²) in [5.74, 6) is 1.65. The van der Waals surface area contributed by atoms with Crippen molar-refractivity contribution < 1.29 is 4.74 Å². The zero-order valence-corrected chi connectivity index (χ0v) is 12.6. The van der Waals surface area contributed by atoms with Gasteiger partial charge < -0.3 is 10.1 Å². The average Bonchev–Trinajstić information content (AvgIpc) is 3.19. The van der Waals surface area contributed by atoms with E-state index in [2.05, 4.69) is 22.4 Å². The van der Waals surface area contributed by atoms with E-state index >= 15 is 0 Å². The largest absolute Gasteiger partial charge is 0.456 e. The second kappa shape index (κ2) is 5.58. The third-order valence-electron chi connectivity index (χ3n) is 4.71. The molecular weight excluding hydrogens is 272 g/mol. The zero-order chi connectivity index (χ0) is 14.8. The Morgan fingerprint density at radius 1 is 1.05 bits per heavy atom. The summed E-state index contributed by atoms with van der Waals surface area (Å²) in [6.07, 6.45) is 9.84. The highest BCUT2D eigenvalue weighted by Crippen LogP contribution is 2.44. The van der Waals surface area contributed by atoms with Gasteiger partial charge in [0.2, 0.25) is 0 Å². The van der Waals surface area contributed by atoms with Crippen LogP contribution >= 0.6 is 0 Å². The highest BCUT2D eigenvalue weighted by Gasteiger charge is 2.35. The molecule has 2 aliphatic rings. The van der Waals surface area contributed by atoms with Gasteiger partial charge in [0, 0.05) is 18.2 Å². The Bertz CT molecular complexity index is 688. The number of nitrogens with zero attached hydrogens (tertiary/aromatic N) is 1. The first-order valence-corrected chi connectivity index (χ1v) is 7.94. The second-order valence-electron chi connectivity index (χ2n) is 6.28. The molecule has 1 aromatic heterocycles. The molecule has 3 heteroatoms. The maximum absolute atomic E-state index is 5.89. The lowest BCUT2D eigenvalue weighted by Crippen LogP contribution is -2.18. The number of aromatic nitrogens is 1. The van der Waals surface area contributed by atoms with E-state index in [0.29, 0.717) is 5.41 Å². The van der Waals surface area contributed by atoms with Crippen LogP contribution in [0.3, 0.4) is 0 Å². The molecule has 0 radical (unpaired) electrons. The van der Waals surface area contributed by atoms with Gasteiger partial charge in [-0.15, -0.1) is 0 Å². The lowest BCUT2D eigenvalue weighted by molar-refractivity contribution is 0.419. The highest BCUT2D eigenvalue weighted by atomic mass is 16.5. The fraction of sp³-hybridized carbons (Fsp3) is 0.316. The predicted molar refractivity (Wildman–Crippen MR) is 87.9 cm³/mol. The number of pyridine rings is 1. The van der Waals surface area contributed by atoms with E-state index in [-0.39, 0.29) is 0 Å².